The van der Waals surface area contributed by atoms with Crippen molar-refractivity contribution in [2.24, 2.45) is 5.92 Å². The SMILES string of the molecule is CCCCCN(CC(=O)O)CC1CC1. The number of carbonyl (C=O) groups is 1. The van der Waals surface area contributed by atoms with Crippen LogP contribution >= 0.6 is 0 Å². The van der Waals surface area contributed by atoms with Crippen LogP contribution in [0.4, 0.5) is 0 Å². The van der Waals surface area contributed by atoms with Crippen LogP contribution in [0.1, 0.15) is 39.0 Å². The third-order valence-corrected chi connectivity index (χ3v) is 2.65. The first-order chi connectivity index (χ1) is 6.72. The Morgan fingerprint density at radius 1 is 1.43 bits per heavy atom. The van der Waals surface area contributed by atoms with Crippen molar-refractivity contribution in [1.82, 2.24) is 4.90 Å². The van der Waals surface area contributed by atoms with Crippen molar-refractivity contribution in [3.63, 3.8) is 0 Å². The molecule has 3 nitrogen and oxygen atoms in total. The molecular formula is C11H21NO2. The largest absolute Gasteiger partial charge is 0.480 e. The zero-order valence-corrected chi connectivity index (χ0v) is 9.04. The van der Waals surface area contributed by atoms with E-state index in [1.165, 1.54) is 25.7 Å². The minimum absolute atomic E-state index is 0.222. The minimum atomic E-state index is -0.692. The van der Waals surface area contributed by atoms with Crippen LogP contribution in [-0.2, 0) is 4.79 Å². The van der Waals surface area contributed by atoms with Gasteiger partial charge in [0.25, 0.3) is 0 Å². The molecule has 0 unspecified atom stereocenters. The monoisotopic (exact) mass is 199 g/mol. The Labute approximate surface area is 86.1 Å². The van der Waals surface area contributed by atoms with Crippen LogP contribution in [0.3, 0.4) is 0 Å². The molecule has 0 spiro atoms. The molecule has 1 aliphatic rings. The van der Waals surface area contributed by atoms with Crippen LogP contribution in [0.2, 0.25) is 0 Å². The molecule has 0 amide bonds. The summed E-state index contributed by atoms with van der Waals surface area (Å²) in [4.78, 5) is 12.7. The Balaban J connectivity index is 2.16. The molecule has 1 aliphatic carbocycles. The number of aliphatic carboxylic acids is 1. The molecule has 1 fully saturated rings. The molecule has 0 aromatic carbocycles. The van der Waals surface area contributed by atoms with E-state index in [9.17, 15) is 4.79 Å². The number of carboxylic acid groups (broad SMARTS) is 1. The molecule has 1 N–H and O–H groups in total. The summed E-state index contributed by atoms with van der Waals surface area (Å²) in [5, 5.41) is 8.73. The zero-order chi connectivity index (χ0) is 10.4. The molecular weight excluding hydrogens is 178 g/mol. The molecule has 0 aliphatic heterocycles. The highest BCUT2D eigenvalue weighted by Gasteiger charge is 2.24. The fourth-order valence-electron chi connectivity index (χ4n) is 1.68. The number of hydrogen-bond donors (Lipinski definition) is 1. The zero-order valence-electron chi connectivity index (χ0n) is 9.04. The summed E-state index contributed by atoms with van der Waals surface area (Å²) in [6.07, 6.45) is 6.13. The average molecular weight is 199 g/mol. The number of unbranched alkanes of at least 4 members (excludes halogenated alkanes) is 2. The van der Waals surface area contributed by atoms with Gasteiger partial charge in [0.1, 0.15) is 0 Å². The third kappa shape index (κ3) is 5.22. The summed E-state index contributed by atoms with van der Waals surface area (Å²) in [5.41, 5.74) is 0. The van der Waals surface area contributed by atoms with Crippen molar-refractivity contribution in [2.45, 2.75) is 39.0 Å². The van der Waals surface area contributed by atoms with Crippen LogP contribution in [0.25, 0.3) is 0 Å². The molecule has 0 saturated heterocycles. The van der Waals surface area contributed by atoms with Crippen molar-refractivity contribution in [3.8, 4) is 0 Å². The topological polar surface area (TPSA) is 40.5 Å². The van der Waals surface area contributed by atoms with Gasteiger partial charge in [-0.15, -0.1) is 0 Å². The van der Waals surface area contributed by atoms with E-state index in [0.29, 0.717) is 0 Å². The first-order valence-electron chi connectivity index (χ1n) is 5.66. The number of hydrogen-bond acceptors (Lipinski definition) is 2. The average Bonchev–Trinajstić information content (AvgIpc) is 2.87. The maximum atomic E-state index is 10.6. The second-order valence-corrected chi connectivity index (χ2v) is 4.28. The van der Waals surface area contributed by atoms with Crippen LogP contribution in [0.15, 0.2) is 0 Å². The Kier molecular flexibility index (Phi) is 4.94. The lowest BCUT2D eigenvalue weighted by atomic mass is 10.2. The van der Waals surface area contributed by atoms with Gasteiger partial charge in [-0.25, -0.2) is 0 Å². The fourth-order valence-corrected chi connectivity index (χ4v) is 1.68. The maximum Gasteiger partial charge on any atom is 0.317 e. The number of carboxylic acids is 1. The van der Waals surface area contributed by atoms with Gasteiger partial charge in [-0.3, -0.25) is 9.69 Å². The number of nitrogens with zero attached hydrogens (tertiary/aromatic N) is 1. The van der Waals surface area contributed by atoms with Crippen LogP contribution < -0.4 is 0 Å². The van der Waals surface area contributed by atoms with E-state index in [-0.39, 0.29) is 6.54 Å². The molecule has 1 saturated carbocycles. The van der Waals surface area contributed by atoms with Gasteiger partial charge in [-0.1, -0.05) is 19.8 Å². The van der Waals surface area contributed by atoms with E-state index in [2.05, 4.69) is 11.8 Å². The van der Waals surface area contributed by atoms with Crippen molar-refractivity contribution in [3.05, 3.63) is 0 Å². The van der Waals surface area contributed by atoms with E-state index < -0.39 is 5.97 Å². The Hall–Kier alpha value is -0.570. The maximum absolute atomic E-state index is 10.6. The molecule has 1 rings (SSSR count). The standard InChI is InChI=1S/C11H21NO2/c1-2-3-4-7-12(9-11(13)14)8-10-5-6-10/h10H,2-9H2,1H3,(H,13,14). The van der Waals surface area contributed by atoms with E-state index in [1.54, 1.807) is 0 Å². The van der Waals surface area contributed by atoms with Crippen LogP contribution in [-0.4, -0.2) is 35.6 Å². The van der Waals surface area contributed by atoms with Gasteiger partial charge in [0.2, 0.25) is 0 Å². The highest BCUT2D eigenvalue weighted by atomic mass is 16.4. The van der Waals surface area contributed by atoms with Crippen molar-refractivity contribution in [1.29, 1.82) is 0 Å². The molecule has 3 heteroatoms. The summed E-state index contributed by atoms with van der Waals surface area (Å²) in [5.74, 6) is 0.0955. The lowest BCUT2D eigenvalue weighted by Crippen LogP contribution is -2.32. The molecule has 0 aromatic rings. The van der Waals surface area contributed by atoms with Gasteiger partial charge in [0.05, 0.1) is 6.54 Å². The summed E-state index contributed by atoms with van der Waals surface area (Å²) in [6, 6.07) is 0. The first kappa shape index (κ1) is 11.5. The lowest BCUT2D eigenvalue weighted by molar-refractivity contribution is -0.138. The lowest BCUT2D eigenvalue weighted by Gasteiger charge is -2.19. The second-order valence-electron chi connectivity index (χ2n) is 4.28. The van der Waals surface area contributed by atoms with Gasteiger partial charge < -0.3 is 5.11 Å². The molecule has 0 atom stereocenters. The van der Waals surface area contributed by atoms with Crippen molar-refractivity contribution >= 4 is 5.97 Å². The number of rotatable bonds is 8. The van der Waals surface area contributed by atoms with Crippen molar-refractivity contribution < 1.29 is 9.90 Å². The summed E-state index contributed by atoms with van der Waals surface area (Å²) < 4.78 is 0. The van der Waals surface area contributed by atoms with Gasteiger partial charge >= 0.3 is 5.97 Å². The predicted molar refractivity (Wildman–Crippen MR) is 56.3 cm³/mol. The Bertz CT molecular complexity index is 178. The van der Waals surface area contributed by atoms with Crippen LogP contribution in [0.5, 0.6) is 0 Å². The Morgan fingerprint density at radius 2 is 2.14 bits per heavy atom. The summed E-state index contributed by atoms with van der Waals surface area (Å²) >= 11 is 0. The predicted octanol–water partition coefficient (Wildman–Crippen LogP) is 1.97. The van der Waals surface area contributed by atoms with Gasteiger partial charge in [0.15, 0.2) is 0 Å². The highest BCUT2D eigenvalue weighted by molar-refractivity contribution is 5.69. The molecule has 0 aromatic heterocycles. The van der Waals surface area contributed by atoms with E-state index >= 15 is 0 Å². The van der Waals surface area contributed by atoms with Crippen molar-refractivity contribution in [2.75, 3.05) is 19.6 Å². The minimum Gasteiger partial charge on any atom is -0.480 e. The molecule has 14 heavy (non-hydrogen) atoms. The first-order valence-corrected chi connectivity index (χ1v) is 5.66. The molecule has 0 radical (unpaired) electrons. The fraction of sp³-hybridized carbons (Fsp3) is 0.909. The van der Waals surface area contributed by atoms with E-state index in [0.717, 1.165) is 25.4 Å². The van der Waals surface area contributed by atoms with Gasteiger partial charge in [-0.05, 0) is 31.7 Å². The third-order valence-electron chi connectivity index (χ3n) is 2.65. The van der Waals surface area contributed by atoms with Crippen LogP contribution in [0, 0.1) is 5.92 Å². The normalized spacial score (nSPS) is 16.1. The quantitative estimate of drug-likeness (QED) is 0.608. The summed E-state index contributed by atoms with van der Waals surface area (Å²) in [6.45, 7) is 4.34. The molecule has 0 bridgehead atoms. The Morgan fingerprint density at radius 3 is 2.64 bits per heavy atom. The van der Waals surface area contributed by atoms with E-state index in [1.807, 2.05) is 0 Å². The smallest absolute Gasteiger partial charge is 0.317 e. The van der Waals surface area contributed by atoms with Gasteiger partial charge in [0, 0.05) is 6.54 Å². The molecule has 82 valence electrons. The van der Waals surface area contributed by atoms with E-state index in [4.69, 9.17) is 5.11 Å². The highest BCUT2D eigenvalue weighted by Crippen LogP contribution is 2.29. The molecule has 0 heterocycles. The van der Waals surface area contributed by atoms with Gasteiger partial charge in [-0.2, -0.15) is 0 Å². The second kappa shape index (κ2) is 6.02. The summed E-state index contributed by atoms with van der Waals surface area (Å²) in [7, 11) is 0.